The van der Waals surface area contributed by atoms with Crippen molar-refractivity contribution in [2.45, 2.75) is 26.7 Å². The van der Waals surface area contributed by atoms with Gasteiger partial charge in [0.2, 0.25) is 6.79 Å². The molecule has 1 heterocycles. The summed E-state index contributed by atoms with van der Waals surface area (Å²) in [6, 6.07) is 20.3. The molecule has 5 rings (SSSR count). The fourth-order valence-corrected chi connectivity index (χ4v) is 4.69. The molecule has 4 aromatic rings. The zero-order valence-electron chi connectivity index (χ0n) is 20.9. The molecule has 0 N–H and O–H groups in total. The summed E-state index contributed by atoms with van der Waals surface area (Å²) in [6.45, 7) is 4.45. The van der Waals surface area contributed by atoms with Crippen LogP contribution in [0, 0.1) is 0 Å². The molecular weight excluding hydrogens is 468 g/mol. The largest absolute Gasteiger partial charge is 0.466 e. The number of benzene rings is 4. The van der Waals surface area contributed by atoms with E-state index >= 15 is 0 Å². The minimum Gasteiger partial charge on any atom is -0.466 e. The van der Waals surface area contributed by atoms with Crippen LogP contribution in [0.15, 0.2) is 66.7 Å². The molecule has 0 unspecified atom stereocenters. The average Bonchev–Trinajstić information content (AvgIpc) is 3.10. The van der Waals surface area contributed by atoms with Crippen molar-refractivity contribution < 1.29 is 28.5 Å². The summed E-state index contributed by atoms with van der Waals surface area (Å²) in [7, 11) is 0. The van der Waals surface area contributed by atoms with Gasteiger partial charge in [0.05, 0.1) is 13.2 Å². The number of carbonyl (C=O) groups is 2. The first-order valence-electron chi connectivity index (χ1n) is 12.5. The van der Waals surface area contributed by atoms with Crippen molar-refractivity contribution in [1.29, 1.82) is 0 Å². The molecule has 0 fully saturated rings. The van der Waals surface area contributed by atoms with Crippen molar-refractivity contribution in [3.63, 3.8) is 0 Å². The van der Waals surface area contributed by atoms with Crippen LogP contribution in [0.1, 0.15) is 31.4 Å². The maximum Gasteiger partial charge on any atom is 0.330 e. The molecule has 0 amide bonds. The highest BCUT2D eigenvalue weighted by Gasteiger charge is 2.22. The first kappa shape index (κ1) is 24.4. The van der Waals surface area contributed by atoms with Crippen molar-refractivity contribution in [3.05, 3.63) is 77.9 Å². The van der Waals surface area contributed by atoms with Gasteiger partial charge in [-0.3, -0.25) is 4.79 Å². The maximum absolute atomic E-state index is 11.8. The molecule has 1 aliphatic rings. The zero-order valence-corrected chi connectivity index (χ0v) is 20.9. The smallest absolute Gasteiger partial charge is 0.330 e. The standard InChI is InChI=1S/C31H28O6/c1-3-34-28(32)15-7-20-5-11-24-22(17-20)9-13-26-30(24)31-25-12-6-21(8-16-29(33)35-4-2)18-23(25)10-14-27(31)37-19-36-26/h5-7,9-15,17-18H,3-4,8,16,19H2,1-2H3/b15-7+. The minimum atomic E-state index is -0.364. The van der Waals surface area contributed by atoms with Crippen molar-refractivity contribution in [3.8, 4) is 22.6 Å². The highest BCUT2D eigenvalue weighted by atomic mass is 16.7. The third kappa shape index (κ3) is 5.14. The Morgan fingerprint density at radius 1 is 0.811 bits per heavy atom. The summed E-state index contributed by atoms with van der Waals surface area (Å²) in [4.78, 5) is 23.6. The number of aryl methyl sites for hydroxylation is 1. The first-order chi connectivity index (χ1) is 18.1. The Kier molecular flexibility index (Phi) is 7.08. The van der Waals surface area contributed by atoms with Crippen LogP contribution in [0.2, 0.25) is 0 Å². The zero-order chi connectivity index (χ0) is 25.8. The molecule has 4 aromatic carbocycles. The topological polar surface area (TPSA) is 71.1 Å². The second-order valence-electron chi connectivity index (χ2n) is 8.71. The van der Waals surface area contributed by atoms with Crippen LogP contribution >= 0.6 is 0 Å². The molecule has 0 bridgehead atoms. The quantitative estimate of drug-likeness (QED) is 0.216. The Labute approximate surface area is 215 Å². The van der Waals surface area contributed by atoms with Crippen molar-refractivity contribution in [2.75, 3.05) is 20.0 Å². The Morgan fingerprint density at radius 2 is 1.46 bits per heavy atom. The normalized spacial score (nSPS) is 12.4. The fourth-order valence-electron chi connectivity index (χ4n) is 4.69. The van der Waals surface area contributed by atoms with Crippen LogP contribution in [0.3, 0.4) is 0 Å². The van der Waals surface area contributed by atoms with E-state index in [-0.39, 0.29) is 18.7 Å². The van der Waals surface area contributed by atoms with Gasteiger partial charge < -0.3 is 18.9 Å². The molecule has 6 nitrogen and oxygen atoms in total. The maximum atomic E-state index is 11.8. The Balaban J connectivity index is 1.58. The van der Waals surface area contributed by atoms with E-state index in [2.05, 4.69) is 18.2 Å². The van der Waals surface area contributed by atoms with E-state index in [0.717, 1.165) is 55.3 Å². The Morgan fingerprint density at radius 3 is 2.14 bits per heavy atom. The number of rotatable bonds is 7. The number of ether oxygens (including phenoxy) is 4. The lowest BCUT2D eigenvalue weighted by molar-refractivity contribution is -0.143. The second kappa shape index (κ2) is 10.7. The molecule has 1 aliphatic heterocycles. The fraction of sp³-hybridized carbons (Fsp3) is 0.226. The predicted molar refractivity (Wildman–Crippen MR) is 144 cm³/mol. The molecule has 188 valence electrons. The molecule has 0 saturated heterocycles. The number of esters is 2. The SMILES string of the molecule is CCOC(=O)/C=C/c1ccc2c3c(ccc2c1)OCOc1ccc2cc(CCC(=O)OCC)ccc2c1-3. The van der Waals surface area contributed by atoms with Crippen molar-refractivity contribution >= 4 is 39.6 Å². The highest BCUT2D eigenvalue weighted by molar-refractivity contribution is 6.10. The van der Waals surface area contributed by atoms with Gasteiger partial charge in [0.1, 0.15) is 11.5 Å². The molecule has 0 saturated carbocycles. The van der Waals surface area contributed by atoms with Crippen LogP contribution in [-0.2, 0) is 25.5 Å². The van der Waals surface area contributed by atoms with E-state index in [0.29, 0.717) is 26.1 Å². The third-order valence-electron chi connectivity index (χ3n) is 6.35. The molecular formula is C31H28O6. The van der Waals surface area contributed by atoms with E-state index in [1.165, 1.54) is 6.08 Å². The summed E-state index contributed by atoms with van der Waals surface area (Å²) >= 11 is 0. The van der Waals surface area contributed by atoms with Gasteiger partial charge in [-0.25, -0.2) is 4.79 Å². The molecule has 6 heteroatoms. The van der Waals surface area contributed by atoms with Crippen LogP contribution in [0.4, 0.5) is 0 Å². The highest BCUT2D eigenvalue weighted by Crippen LogP contribution is 2.47. The van der Waals surface area contributed by atoms with E-state index in [4.69, 9.17) is 18.9 Å². The van der Waals surface area contributed by atoms with Crippen LogP contribution in [0.5, 0.6) is 11.5 Å². The van der Waals surface area contributed by atoms with Gasteiger partial charge in [0.25, 0.3) is 0 Å². The summed E-state index contributed by atoms with van der Waals surface area (Å²) in [5.41, 5.74) is 3.91. The summed E-state index contributed by atoms with van der Waals surface area (Å²) in [5.74, 6) is 0.952. The number of hydrogen-bond acceptors (Lipinski definition) is 6. The van der Waals surface area contributed by atoms with Crippen LogP contribution < -0.4 is 9.47 Å². The molecule has 0 spiro atoms. The third-order valence-corrected chi connectivity index (χ3v) is 6.35. The molecule has 0 radical (unpaired) electrons. The van der Waals surface area contributed by atoms with Gasteiger partial charge in [0, 0.05) is 23.6 Å². The van der Waals surface area contributed by atoms with E-state index in [1.807, 2.05) is 49.4 Å². The van der Waals surface area contributed by atoms with E-state index in [9.17, 15) is 9.59 Å². The molecule has 37 heavy (non-hydrogen) atoms. The van der Waals surface area contributed by atoms with Gasteiger partial charge >= 0.3 is 11.9 Å². The van der Waals surface area contributed by atoms with Crippen molar-refractivity contribution in [1.82, 2.24) is 0 Å². The molecule has 0 atom stereocenters. The average molecular weight is 497 g/mol. The van der Waals surface area contributed by atoms with Gasteiger partial charge in [-0.1, -0.05) is 42.5 Å². The van der Waals surface area contributed by atoms with Gasteiger partial charge in [-0.2, -0.15) is 0 Å². The minimum absolute atomic E-state index is 0.120. The summed E-state index contributed by atoms with van der Waals surface area (Å²) in [5, 5.41) is 4.14. The number of fused-ring (bicyclic) bond motifs is 7. The van der Waals surface area contributed by atoms with Crippen LogP contribution in [-0.4, -0.2) is 31.9 Å². The summed E-state index contributed by atoms with van der Waals surface area (Å²) < 4.78 is 22.0. The Bertz CT molecular complexity index is 1520. The molecule has 0 aliphatic carbocycles. The van der Waals surface area contributed by atoms with Gasteiger partial charge in [-0.05, 0) is 77.2 Å². The number of carbonyl (C=O) groups excluding carboxylic acids is 2. The molecule has 0 aromatic heterocycles. The van der Waals surface area contributed by atoms with E-state index in [1.54, 1.807) is 13.0 Å². The lowest BCUT2D eigenvalue weighted by atomic mass is 9.91. The monoisotopic (exact) mass is 496 g/mol. The lowest BCUT2D eigenvalue weighted by Crippen LogP contribution is -2.05. The predicted octanol–water partition coefficient (Wildman–Crippen LogP) is 6.46. The Hall–Kier alpha value is -4.32. The van der Waals surface area contributed by atoms with Gasteiger partial charge in [-0.15, -0.1) is 0 Å². The summed E-state index contributed by atoms with van der Waals surface area (Å²) in [6.07, 6.45) is 4.16. The van der Waals surface area contributed by atoms with Gasteiger partial charge in [0.15, 0.2) is 0 Å². The lowest BCUT2D eigenvalue weighted by Gasteiger charge is -2.15. The number of hydrogen-bond donors (Lipinski definition) is 0. The van der Waals surface area contributed by atoms with Crippen molar-refractivity contribution in [2.24, 2.45) is 0 Å². The van der Waals surface area contributed by atoms with E-state index < -0.39 is 0 Å². The first-order valence-corrected chi connectivity index (χ1v) is 12.5. The van der Waals surface area contributed by atoms with Crippen LogP contribution in [0.25, 0.3) is 38.7 Å². The second-order valence-corrected chi connectivity index (χ2v) is 8.71.